The second-order valence-electron chi connectivity index (χ2n) is 3.19. The predicted octanol–water partition coefficient (Wildman–Crippen LogP) is 2.74. The van der Waals surface area contributed by atoms with Crippen LogP contribution in [0.5, 0.6) is 5.75 Å². The Kier molecular flexibility index (Phi) is 4.67. The second kappa shape index (κ2) is 5.79. The highest BCUT2D eigenvalue weighted by Crippen LogP contribution is 2.28. The molecule has 0 radical (unpaired) electrons. The number of nitrogens with one attached hydrogen (secondary N) is 1. The van der Waals surface area contributed by atoms with E-state index in [4.69, 9.17) is 11.2 Å². The van der Waals surface area contributed by atoms with Crippen LogP contribution < -0.4 is 10.1 Å². The summed E-state index contributed by atoms with van der Waals surface area (Å²) < 4.78 is 6.47. The maximum Gasteiger partial charge on any atom is 0.148 e. The van der Waals surface area contributed by atoms with Crippen molar-refractivity contribution in [2.45, 2.75) is 13.0 Å². The zero-order valence-corrected chi connectivity index (χ0v) is 10.5. The van der Waals surface area contributed by atoms with Crippen LogP contribution in [0.3, 0.4) is 0 Å². The van der Waals surface area contributed by atoms with Gasteiger partial charge in [0.05, 0.1) is 0 Å². The first kappa shape index (κ1) is 12.1. The molecule has 3 heteroatoms. The van der Waals surface area contributed by atoms with Gasteiger partial charge in [0, 0.05) is 16.1 Å². The molecule has 0 saturated heterocycles. The van der Waals surface area contributed by atoms with Gasteiger partial charge in [0.2, 0.25) is 0 Å². The Hall–Kier alpha value is -0.980. The van der Waals surface area contributed by atoms with Gasteiger partial charge in [-0.15, -0.1) is 6.42 Å². The zero-order valence-electron chi connectivity index (χ0n) is 8.88. The molecule has 0 aliphatic rings. The number of hydrogen-bond donors (Lipinski definition) is 1. The van der Waals surface area contributed by atoms with E-state index in [2.05, 4.69) is 34.1 Å². The Morgan fingerprint density at radius 1 is 1.60 bits per heavy atom. The van der Waals surface area contributed by atoms with Crippen LogP contribution in [0.15, 0.2) is 22.7 Å². The van der Waals surface area contributed by atoms with Gasteiger partial charge < -0.3 is 10.1 Å². The molecule has 1 aromatic carbocycles. The molecule has 0 aliphatic heterocycles. The summed E-state index contributed by atoms with van der Waals surface area (Å²) in [6, 6.07) is 6.19. The van der Waals surface area contributed by atoms with E-state index < -0.39 is 0 Å². The first-order valence-corrected chi connectivity index (χ1v) is 5.51. The molecule has 0 amide bonds. The maximum absolute atomic E-state index is 5.48. The summed E-state index contributed by atoms with van der Waals surface area (Å²) in [5.74, 6) is 3.29. The molecule has 2 nitrogen and oxygen atoms in total. The summed E-state index contributed by atoms with van der Waals surface area (Å²) in [4.78, 5) is 0. The third kappa shape index (κ3) is 3.26. The molecule has 1 unspecified atom stereocenters. The van der Waals surface area contributed by atoms with E-state index in [-0.39, 0.29) is 6.04 Å². The number of ether oxygens (including phenoxy) is 1. The monoisotopic (exact) mass is 267 g/mol. The lowest BCUT2D eigenvalue weighted by Gasteiger charge is -2.15. The molecule has 0 saturated carbocycles. The predicted molar refractivity (Wildman–Crippen MR) is 65.9 cm³/mol. The fraction of sp³-hybridized carbons (Fsp3) is 0.333. The Balaban J connectivity index is 2.98. The van der Waals surface area contributed by atoms with Gasteiger partial charge in [0.15, 0.2) is 0 Å². The van der Waals surface area contributed by atoms with Gasteiger partial charge in [-0.05, 0) is 26.1 Å². The molecule has 80 valence electrons. The summed E-state index contributed by atoms with van der Waals surface area (Å²) >= 11 is 3.41. The van der Waals surface area contributed by atoms with Crippen molar-refractivity contribution in [3.8, 4) is 18.1 Å². The highest BCUT2D eigenvalue weighted by Gasteiger charge is 2.09. The van der Waals surface area contributed by atoms with Gasteiger partial charge in [0.1, 0.15) is 12.4 Å². The minimum absolute atomic E-state index is 0.242. The standard InChI is InChI=1S/C12H14BrNO/c1-4-7-15-12-8-10(13)5-6-11(12)9(2)14-3/h1,5-6,8-9,14H,7H2,2-3H3. The van der Waals surface area contributed by atoms with Crippen LogP contribution in [0.1, 0.15) is 18.5 Å². The molecule has 1 rings (SSSR count). The topological polar surface area (TPSA) is 21.3 Å². The minimum atomic E-state index is 0.242. The zero-order chi connectivity index (χ0) is 11.3. The smallest absolute Gasteiger partial charge is 0.148 e. The molecule has 0 bridgehead atoms. The van der Waals surface area contributed by atoms with Crippen LogP contribution in [-0.2, 0) is 0 Å². The van der Waals surface area contributed by atoms with Gasteiger partial charge in [-0.2, -0.15) is 0 Å². The van der Waals surface area contributed by atoms with Gasteiger partial charge in [-0.1, -0.05) is 27.9 Å². The Bertz CT molecular complexity index is 370. The lowest BCUT2D eigenvalue weighted by Crippen LogP contribution is -2.13. The highest BCUT2D eigenvalue weighted by molar-refractivity contribution is 9.10. The number of halogens is 1. The molecule has 0 spiro atoms. The van der Waals surface area contributed by atoms with Crippen molar-refractivity contribution in [3.63, 3.8) is 0 Å². The highest BCUT2D eigenvalue weighted by atomic mass is 79.9. The molecule has 0 aliphatic carbocycles. The number of benzene rings is 1. The summed E-state index contributed by atoms with van der Waals surface area (Å²) in [6.45, 7) is 2.37. The summed E-state index contributed by atoms with van der Waals surface area (Å²) in [5.41, 5.74) is 1.11. The fourth-order valence-corrected chi connectivity index (χ4v) is 1.61. The SMILES string of the molecule is C#CCOc1cc(Br)ccc1C(C)NC. The number of hydrogen-bond acceptors (Lipinski definition) is 2. The Morgan fingerprint density at radius 2 is 2.33 bits per heavy atom. The first-order valence-electron chi connectivity index (χ1n) is 4.72. The number of rotatable bonds is 4. The summed E-state index contributed by atoms with van der Waals surface area (Å²) in [5, 5.41) is 3.17. The molecular weight excluding hydrogens is 254 g/mol. The largest absolute Gasteiger partial charge is 0.481 e. The van der Waals surface area contributed by atoms with Crippen molar-refractivity contribution in [2.24, 2.45) is 0 Å². The Labute approximate surface area is 99.2 Å². The molecule has 1 N–H and O–H groups in total. The summed E-state index contributed by atoms with van der Waals surface area (Å²) in [6.07, 6.45) is 5.17. The first-order chi connectivity index (χ1) is 7.19. The lowest BCUT2D eigenvalue weighted by atomic mass is 10.1. The molecule has 15 heavy (non-hydrogen) atoms. The van der Waals surface area contributed by atoms with Crippen LogP contribution in [-0.4, -0.2) is 13.7 Å². The molecule has 0 fully saturated rings. The fourth-order valence-electron chi connectivity index (χ4n) is 1.27. The van der Waals surface area contributed by atoms with Crippen molar-refractivity contribution in [2.75, 3.05) is 13.7 Å². The van der Waals surface area contributed by atoms with Crippen LogP contribution in [0.4, 0.5) is 0 Å². The van der Waals surface area contributed by atoms with E-state index in [0.717, 1.165) is 15.8 Å². The van der Waals surface area contributed by atoms with Crippen molar-refractivity contribution in [3.05, 3.63) is 28.2 Å². The molecule has 0 aromatic heterocycles. The van der Waals surface area contributed by atoms with Crippen molar-refractivity contribution in [1.29, 1.82) is 0 Å². The normalized spacial score (nSPS) is 11.9. The summed E-state index contributed by atoms with van der Waals surface area (Å²) in [7, 11) is 1.91. The quantitative estimate of drug-likeness (QED) is 0.848. The van der Waals surface area contributed by atoms with Crippen molar-refractivity contribution < 1.29 is 4.74 Å². The third-order valence-electron chi connectivity index (χ3n) is 2.19. The second-order valence-corrected chi connectivity index (χ2v) is 4.10. The lowest BCUT2D eigenvalue weighted by molar-refractivity contribution is 0.361. The van der Waals surface area contributed by atoms with Gasteiger partial charge in [-0.25, -0.2) is 0 Å². The number of terminal acetylenes is 1. The molecule has 1 atom stereocenters. The van der Waals surface area contributed by atoms with E-state index in [1.165, 1.54) is 0 Å². The Morgan fingerprint density at radius 3 is 2.93 bits per heavy atom. The van der Waals surface area contributed by atoms with Crippen LogP contribution >= 0.6 is 15.9 Å². The van der Waals surface area contributed by atoms with Crippen LogP contribution in [0.25, 0.3) is 0 Å². The van der Waals surface area contributed by atoms with Gasteiger partial charge >= 0.3 is 0 Å². The molecular formula is C12H14BrNO. The average molecular weight is 268 g/mol. The third-order valence-corrected chi connectivity index (χ3v) is 2.68. The van der Waals surface area contributed by atoms with E-state index in [0.29, 0.717) is 6.61 Å². The van der Waals surface area contributed by atoms with Crippen LogP contribution in [0, 0.1) is 12.3 Å². The molecule has 1 aromatic rings. The van der Waals surface area contributed by atoms with Crippen molar-refractivity contribution in [1.82, 2.24) is 5.32 Å². The van der Waals surface area contributed by atoms with Crippen LogP contribution in [0.2, 0.25) is 0 Å². The van der Waals surface area contributed by atoms with E-state index >= 15 is 0 Å². The van der Waals surface area contributed by atoms with E-state index in [9.17, 15) is 0 Å². The van der Waals surface area contributed by atoms with E-state index in [1.54, 1.807) is 0 Å². The molecule has 0 heterocycles. The van der Waals surface area contributed by atoms with E-state index in [1.807, 2.05) is 25.2 Å². The minimum Gasteiger partial charge on any atom is -0.481 e. The average Bonchev–Trinajstić information content (AvgIpc) is 2.25. The van der Waals surface area contributed by atoms with Gasteiger partial charge in [0.25, 0.3) is 0 Å². The van der Waals surface area contributed by atoms with Crippen molar-refractivity contribution >= 4 is 15.9 Å². The van der Waals surface area contributed by atoms with Gasteiger partial charge in [-0.3, -0.25) is 0 Å². The maximum atomic E-state index is 5.48.